The second-order valence-electron chi connectivity index (χ2n) is 12.1. The van der Waals surface area contributed by atoms with Crippen LogP contribution in [-0.4, -0.2) is 17.0 Å². The van der Waals surface area contributed by atoms with Crippen molar-refractivity contribution in [1.82, 2.24) is 0 Å². The average Bonchev–Trinajstić information content (AvgIpc) is 3.00. The predicted molar refractivity (Wildman–Crippen MR) is 119 cm³/mol. The van der Waals surface area contributed by atoms with Crippen LogP contribution in [0.25, 0.3) is 0 Å². The van der Waals surface area contributed by atoms with Gasteiger partial charge in [0.25, 0.3) is 0 Å². The number of carbonyl (C=O) groups is 1. The van der Waals surface area contributed by atoms with Crippen molar-refractivity contribution in [3.63, 3.8) is 0 Å². The van der Waals surface area contributed by atoms with Gasteiger partial charge in [0.2, 0.25) is 0 Å². The van der Waals surface area contributed by atoms with Crippen molar-refractivity contribution in [2.75, 3.05) is 0 Å². The minimum atomic E-state index is -0.246. The first-order valence-corrected chi connectivity index (χ1v) is 12.6. The molecular formula is C27H44O2. The first-order chi connectivity index (χ1) is 13.7. The number of carbonyl (C=O) groups excluding carboxylic acids is 1. The first-order valence-electron chi connectivity index (χ1n) is 12.6. The van der Waals surface area contributed by atoms with Crippen LogP contribution in [0.4, 0.5) is 0 Å². The molecule has 8 atom stereocenters. The van der Waals surface area contributed by atoms with Crippen molar-refractivity contribution >= 4 is 5.78 Å². The van der Waals surface area contributed by atoms with Crippen LogP contribution < -0.4 is 0 Å². The summed E-state index contributed by atoms with van der Waals surface area (Å²) < 4.78 is 0. The van der Waals surface area contributed by atoms with Gasteiger partial charge in [0, 0.05) is 6.42 Å². The molecule has 0 radical (unpaired) electrons. The van der Waals surface area contributed by atoms with E-state index >= 15 is 0 Å². The van der Waals surface area contributed by atoms with Crippen LogP contribution in [0.3, 0.4) is 0 Å². The van der Waals surface area contributed by atoms with Crippen LogP contribution in [0, 0.1) is 46.3 Å². The summed E-state index contributed by atoms with van der Waals surface area (Å²) in [5.74, 6) is 4.40. The van der Waals surface area contributed by atoms with Gasteiger partial charge in [0.15, 0.2) is 5.78 Å². The summed E-state index contributed by atoms with van der Waals surface area (Å²) in [6.07, 6.45) is 13.4. The number of aliphatic hydroxyl groups is 1. The van der Waals surface area contributed by atoms with Gasteiger partial charge >= 0.3 is 0 Å². The molecule has 0 heterocycles. The maximum atomic E-state index is 12.0. The summed E-state index contributed by atoms with van der Waals surface area (Å²) in [5, 5.41) is 11.3. The van der Waals surface area contributed by atoms with E-state index in [1.165, 1.54) is 50.5 Å². The van der Waals surface area contributed by atoms with Crippen LogP contribution in [0.1, 0.15) is 98.8 Å². The summed E-state index contributed by atoms with van der Waals surface area (Å²) in [6.45, 7) is 12.2. The fourth-order valence-corrected chi connectivity index (χ4v) is 8.55. The standard InChI is InChI=1S/C27H44O2/c1-17(2)7-6-8-18(3)21-9-10-22-25-23(12-14-27(21,22)5)26(4)13-11-20(28)15-19(26)16-24(25)29/h15,17-18,21-25,29H,6-14,16H2,1-5H3/t18?,21-,22+,23+,24?,25+,26+,27-/m1/s1. The topological polar surface area (TPSA) is 37.3 Å². The van der Waals surface area contributed by atoms with E-state index in [9.17, 15) is 9.90 Å². The van der Waals surface area contributed by atoms with Crippen molar-refractivity contribution in [2.45, 2.75) is 105 Å². The molecule has 1 N–H and O–H groups in total. The Morgan fingerprint density at radius 2 is 1.83 bits per heavy atom. The lowest BCUT2D eigenvalue weighted by Crippen LogP contribution is -2.55. The van der Waals surface area contributed by atoms with E-state index in [1.807, 2.05) is 6.08 Å². The lowest BCUT2D eigenvalue weighted by Gasteiger charge is -2.60. The second kappa shape index (κ2) is 7.81. The molecule has 0 spiro atoms. The smallest absolute Gasteiger partial charge is 0.155 e. The molecule has 3 fully saturated rings. The highest BCUT2D eigenvalue weighted by Gasteiger charge is 2.61. The summed E-state index contributed by atoms with van der Waals surface area (Å²) in [6, 6.07) is 0. The minimum absolute atomic E-state index is 0.153. The number of fused-ring (bicyclic) bond motifs is 5. The molecule has 0 saturated heterocycles. The molecule has 2 nitrogen and oxygen atoms in total. The fourth-order valence-electron chi connectivity index (χ4n) is 8.55. The summed E-state index contributed by atoms with van der Waals surface area (Å²) in [4.78, 5) is 12.0. The SMILES string of the molecule is CC(C)CCCC(C)[C@H]1CC[C@H]2[C@@H]3C(O)CC4=CC(=O)CC[C@]4(C)[C@H]3CC[C@]12C. The molecule has 4 aliphatic carbocycles. The van der Waals surface area contributed by atoms with Crippen LogP contribution >= 0.6 is 0 Å². The maximum absolute atomic E-state index is 12.0. The van der Waals surface area contributed by atoms with Crippen LogP contribution in [0.2, 0.25) is 0 Å². The van der Waals surface area contributed by atoms with Gasteiger partial charge in [-0.05, 0) is 90.9 Å². The van der Waals surface area contributed by atoms with Gasteiger partial charge in [0.1, 0.15) is 0 Å². The van der Waals surface area contributed by atoms with E-state index in [2.05, 4.69) is 34.6 Å². The Labute approximate surface area is 178 Å². The van der Waals surface area contributed by atoms with E-state index in [0.29, 0.717) is 29.6 Å². The highest BCUT2D eigenvalue weighted by atomic mass is 16.3. The highest BCUT2D eigenvalue weighted by Crippen LogP contribution is 2.67. The third-order valence-corrected chi connectivity index (χ3v) is 10.2. The number of hydrogen-bond acceptors (Lipinski definition) is 2. The summed E-state index contributed by atoms with van der Waals surface area (Å²) in [5.41, 5.74) is 1.82. The Hall–Kier alpha value is -0.630. The highest BCUT2D eigenvalue weighted by molar-refractivity contribution is 5.91. The van der Waals surface area contributed by atoms with Crippen LogP contribution in [0.15, 0.2) is 11.6 Å². The van der Waals surface area contributed by atoms with Crippen molar-refractivity contribution in [3.8, 4) is 0 Å². The molecule has 0 aliphatic heterocycles. The average molecular weight is 401 g/mol. The molecule has 4 rings (SSSR count). The van der Waals surface area contributed by atoms with E-state index in [1.54, 1.807) is 0 Å². The van der Waals surface area contributed by atoms with Crippen molar-refractivity contribution in [3.05, 3.63) is 11.6 Å². The Morgan fingerprint density at radius 1 is 1.07 bits per heavy atom. The number of aliphatic hydroxyl groups excluding tert-OH is 1. The quantitative estimate of drug-likeness (QED) is 0.567. The normalized spacial score (nSPS) is 45.4. The van der Waals surface area contributed by atoms with E-state index in [0.717, 1.165) is 30.6 Å². The van der Waals surface area contributed by atoms with Gasteiger partial charge in [-0.25, -0.2) is 0 Å². The zero-order valence-electron chi connectivity index (χ0n) is 19.5. The zero-order chi connectivity index (χ0) is 21.0. The molecular weight excluding hydrogens is 356 g/mol. The van der Waals surface area contributed by atoms with Crippen molar-refractivity contribution in [2.24, 2.45) is 46.3 Å². The van der Waals surface area contributed by atoms with Gasteiger partial charge in [-0.2, -0.15) is 0 Å². The zero-order valence-corrected chi connectivity index (χ0v) is 19.5. The Bertz CT molecular complexity index is 663. The van der Waals surface area contributed by atoms with Gasteiger partial charge in [-0.15, -0.1) is 0 Å². The summed E-state index contributed by atoms with van der Waals surface area (Å²) in [7, 11) is 0. The molecule has 0 aromatic rings. The molecule has 0 aromatic heterocycles. The molecule has 4 aliphatic rings. The third-order valence-electron chi connectivity index (χ3n) is 10.2. The minimum Gasteiger partial charge on any atom is -0.392 e. The molecule has 29 heavy (non-hydrogen) atoms. The number of ketones is 1. The molecule has 3 saturated carbocycles. The van der Waals surface area contributed by atoms with Crippen LogP contribution in [0.5, 0.6) is 0 Å². The number of rotatable bonds is 5. The third kappa shape index (κ3) is 3.56. The van der Waals surface area contributed by atoms with Gasteiger partial charge in [-0.3, -0.25) is 4.79 Å². The summed E-state index contributed by atoms with van der Waals surface area (Å²) >= 11 is 0. The largest absolute Gasteiger partial charge is 0.392 e. The molecule has 0 aromatic carbocycles. The predicted octanol–water partition coefficient (Wildman–Crippen LogP) is 6.57. The molecule has 164 valence electrons. The lowest BCUT2D eigenvalue weighted by atomic mass is 9.45. The van der Waals surface area contributed by atoms with Crippen LogP contribution in [-0.2, 0) is 4.79 Å². The van der Waals surface area contributed by atoms with Gasteiger partial charge in [-0.1, -0.05) is 59.5 Å². The molecule has 0 amide bonds. The monoisotopic (exact) mass is 400 g/mol. The van der Waals surface area contributed by atoms with E-state index in [4.69, 9.17) is 0 Å². The number of hydrogen-bond donors (Lipinski definition) is 1. The molecule has 2 unspecified atom stereocenters. The molecule has 2 heteroatoms. The lowest BCUT2D eigenvalue weighted by molar-refractivity contribution is -0.124. The maximum Gasteiger partial charge on any atom is 0.155 e. The van der Waals surface area contributed by atoms with Gasteiger partial charge < -0.3 is 5.11 Å². The van der Waals surface area contributed by atoms with Gasteiger partial charge in [0.05, 0.1) is 6.10 Å². The fraction of sp³-hybridized carbons (Fsp3) is 0.889. The van der Waals surface area contributed by atoms with E-state index in [-0.39, 0.29) is 17.3 Å². The Balaban J connectivity index is 1.54. The van der Waals surface area contributed by atoms with E-state index < -0.39 is 0 Å². The molecule has 0 bridgehead atoms. The second-order valence-corrected chi connectivity index (χ2v) is 12.1. The van der Waals surface area contributed by atoms with Crippen molar-refractivity contribution in [1.29, 1.82) is 0 Å². The Kier molecular flexibility index (Phi) is 5.82. The first kappa shape index (κ1) is 21.6. The Morgan fingerprint density at radius 3 is 2.55 bits per heavy atom. The van der Waals surface area contributed by atoms with Crippen molar-refractivity contribution < 1.29 is 9.90 Å².